The summed E-state index contributed by atoms with van der Waals surface area (Å²) in [5, 5.41) is 17.2. The van der Waals surface area contributed by atoms with Crippen molar-refractivity contribution in [2.75, 3.05) is 17.6 Å². The first kappa shape index (κ1) is 23.9. The molecule has 9 nitrogen and oxygen atoms in total. The molecular formula is C23H24N4O5S. The van der Waals surface area contributed by atoms with Gasteiger partial charge in [-0.3, -0.25) is 19.9 Å². The second kappa shape index (κ2) is 10.7. The van der Waals surface area contributed by atoms with Gasteiger partial charge in [-0.1, -0.05) is 24.3 Å². The lowest BCUT2D eigenvalue weighted by molar-refractivity contribution is -0.384. The highest BCUT2D eigenvalue weighted by molar-refractivity contribution is 7.91. The molecule has 10 heteroatoms. The van der Waals surface area contributed by atoms with E-state index in [1.807, 2.05) is 19.1 Å². The van der Waals surface area contributed by atoms with E-state index in [2.05, 4.69) is 15.6 Å². The Morgan fingerprint density at radius 1 is 1.09 bits per heavy atom. The highest BCUT2D eigenvalue weighted by Crippen LogP contribution is 2.29. The van der Waals surface area contributed by atoms with E-state index in [-0.39, 0.29) is 46.6 Å². The molecule has 1 unspecified atom stereocenters. The largest absolute Gasteiger partial charge is 0.371 e. The number of carbonyl (C=O) groups excluding carboxylic acids is 1. The lowest BCUT2D eigenvalue weighted by Crippen LogP contribution is -2.26. The molecule has 0 saturated carbocycles. The van der Waals surface area contributed by atoms with Crippen LogP contribution in [0.3, 0.4) is 0 Å². The molecule has 0 saturated heterocycles. The number of aromatic nitrogens is 1. The summed E-state index contributed by atoms with van der Waals surface area (Å²) in [6.45, 7) is 1.95. The van der Waals surface area contributed by atoms with Gasteiger partial charge in [0.05, 0.1) is 27.3 Å². The van der Waals surface area contributed by atoms with Crippen LogP contribution in [0.15, 0.2) is 77.8 Å². The third-order valence-electron chi connectivity index (χ3n) is 4.94. The molecule has 0 aliphatic rings. The van der Waals surface area contributed by atoms with Gasteiger partial charge >= 0.3 is 0 Å². The van der Waals surface area contributed by atoms with Crippen LogP contribution in [0.5, 0.6) is 0 Å². The first-order valence-electron chi connectivity index (χ1n) is 10.3. The number of nitrogens with one attached hydrogen (secondary N) is 2. The molecule has 0 bridgehead atoms. The summed E-state index contributed by atoms with van der Waals surface area (Å²) in [4.78, 5) is 27.9. The van der Waals surface area contributed by atoms with Gasteiger partial charge in [-0.25, -0.2) is 8.42 Å². The van der Waals surface area contributed by atoms with Crippen molar-refractivity contribution in [2.45, 2.75) is 24.3 Å². The number of anilines is 1. The number of hydrogen-bond donors (Lipinski definition) is 2. The minimum absolute atomic E-state index is 0.114. The van der Waals surface area contributed by atoms with Gasteiger partial charge in [0, 0.05) is 24.4 Å². The van der Waals surface area contributed by atoms with Crippen LogP contribution in [0.25, 0.3) is 0 Å². The van der Waals surface area contributed by atoms with Gasteiger partial charge in [-0.15, -0.1) is 0 Å². The number of hydrogen-bond acceptors (Lipinski definition) is 7. The summed E-state index contributed by atoms with van der Waals surface area (Å²) in [5.74, 6) is -0.634. The van der Waals surface area contributed by atoms with E-state index in [1.165, 1.54) is 30.3 Å². The molecule has 2 aromatic carbocycles. The van der Waals surface area contributed by atoms with E-state index in [0.29, 0.717) is 0 Å². The maximum Gasteiger partial charge on any atom is 0.293 e. The summed E-state index contributed by atoms with van der Waals surface area (Å²) in [6.07, 6.45) is 1.85. The molecule has 0 aliphatic carbocycles. The molecule has 0 radical (unpaired) electrons. The first-order chi connectivity index (χ1) is 15.8. The van der Waals surface area contributed by atoms with Crippen LogP contribution in [0.1, 0.15) is 35.4 Å². The summed E-state index contributed by atoms with van der Waals surface area (Å²) in [5.41, 5.74) is 0.864. The predicted molar refractivity (Wildman–Crippen MR) is 125 cm³/mol. The maximum atomic E-state index is 12.5. The Morgan fingerprint density at radius 2 is 1.82 bits per heavy atom. The standard InChI is InChI=1S/C23H24N4O5S/c1-17(20-10-5-6-13-24-20)26-21-12-11-18(16-22(21)27(29)30)23(28)25-14-7-15-33(31,32)19-8-3-2-4-9-19/h2-6,8-13,16-17,26H,7,14-15H2,1H3,(H,25,28). The van der Waals surface area contributed by atoms with Crippen molar-refractivity contribution in [3.63, 3.8) is 0 Å². The molecule has 1 amide bonds. The fourth-order valence-corrected chi connectivity index (χ4v) is 4.53. The van der Waals surface area contributed by atoms with Crippen molar-refractivity contribution in [2.24, 2.45) is 0 Å². The zero-order valence-corrected chi connectivity index (χ0v) is 18.8. The van der Waals surface area contributed by atoms with Crippen LogP contribution >= 0.6 is 0 Å². The molecule has 3 rings (SSSR count). The Balaban J connectivity index is 1.61. The molecule has 0 fully saturated rings. The van der Waals surface area contributed by atoms with Gasteiger partial charge in [0.25, 0.3) is 11.6 Å². The summed E-state index contributed by atoms with van der Waals surface area (Å²) in [7, 11) is -3.43. The number of benzene rings is 2. The Morgan fingerprint density at radius 3 is 2.48 bits per heavy atom. The van der Waals surface area contributed by atoms with Gasteiger partial charge in [0.15, 0.2) is 9.84 Å². The van der Waals surface area contributed by atoms with Crippen LogP contribution in [0, 0.1) is 10.1 Å². The Bertz CT molecular complexity index is 1220. The van der Waals surface area contributed by atoms with Crippen molar-refractivity contribution in [1.29, 1.82) is 0 Å². The van der Waals surface area contributed by atoms with Gasteiger partial charge in [-0.2, -0.15) is 0 Å². The minimum atomic E-state index is -3.43. The molecule has 3 aromatic rings. The molecule has 1 aromatic heterocycles. The van der Waals surface area contributed by atoms with Crippen molar-refractivity contribution in [1.82, 2.24) is 10.3 Å². The van der Waals surface area contributed by atoms with E-state index in [1.54, 1.807) is 30.5 Å². The number of pyridine rings is 1. The number of amides is 1. The molecule has 172 valence electrons. The first-order valence-corrected chi connectivity index (χ1v) is 11.9. The second-order valence-electron chi connectivity index (χ2n) is 7.35. The molecule has 1 heterocycles. The Kier molecular flexibility index (Phi) is 7.73. The van der Waals surface area contributed by atoms with E-state index >= 15 is 0 Å². The maximum absolute atomic E-state index is 12.5. The SMILES string of the molecule is CC(Nc1ccc(C(=O)NCCCS(=O)(=O)c2ccccc2)cc1[N+](=O)[O-])c1ccccn1. The van der Waals surface area contributed by atoms with Crippen LogP contribution < -0.4 is 10.6 Å². The average molecular weight is 469 g/mol. The van der Waals surface area contributed by atoms with Crippen LogP contribution in [0.4, 0.5) is 11.4 Å². The van der Waals surface area contributed by atoms with E-state index in [9.17, 15) is 23.3 Å². The number of nitro groups is 1. The summed E-state index contributed by atoms with van der Waals surface area (Å²) in [6, 6.07) is 17.4. The van der Waals surface area contributed by atoms with Crippen molar-refractivity contribution >= 4 is 27.1 Å². The fourth-order valence-electron chi connectivity index (χ4n) is 3.20. The highest BCUT2D eigenvalue weighted by Gasteiger charge is 2.20. The van der Waals surface area contributed by atoms with Crippen molar-refractivity contribution in [3.8, 4) is 0 Å². The number of nitrogens with zero attached hydrogens (tertiary/aromatic N) is 2. The number of nitro benzene ring substituents is 1. The topological polar surface area (TPSA) is 131 Å². The third kappa shape index (κ3) is 6.36. The Labute approximate surface area is 191 Å². The molecule has 33 heavy (non-hydrogen) atoms. The van der Waals surface area contributed by atoms with Gasteiger partial charge in [-0.05, 0) is 49.7 Å². The monoisotopic (exact) mass is 468 g/mol. The second-order valence-corrected chi connectivity index (χ2v) is 9.46. The molecule has 0 spiro atoms. The van der Waals surface area contributed by atoms with Crippen LogP contribution in [-0.2, 0) is 9.84 Å². The number of carbonyl (C=O) groups is 1. The quantitative estimate of drug-likeness (QED) is 0.263. The average Bonchev–Trinajstić information content (AvgIpc) is 2.83. The van der Waals surface area contributed by atoms with Gasteiger partial charge in [0.1, 0.15) is 5.69 Å². The van der Waals surface area contributed by atoms with E-state index in [4.69, 9.17) is 0 Å². The van der Waals surface area contributed by atoms with Crippen molar-refractivity contribution in [3.05, 3.63) is 94.3 Å². The normalized spacial score (nSPS) is 12.0. The van der Waals surface area contributed by atoms with Crippen LogP contribution in [-0.4, -0.2) is 36.5 Å². The number of rotatable bonds is 10. The van der Waals surface area contributed by atoms with Gasteiger partial charge < -0.3 is 10.6 Å². The lowest BCUT2D eigenvalue weighted by atomic mass is 10.1. The fraction of sp³-hybridized carbons (Fsp3) is 0.217. The van der Waals surface area contributed by atoms with Crippen molar-refractivity contribution < 1.29 is 18.1 Å². The molecular weight excluding hydrogens is 444 g/mol. The Hall–Kier alpha value is -3.79. The number of sulfone groups is 1. The highest BCUT2D eigenvalue weighted by atomic mass is 32.2. The smallest absolute Gasteiger partial charge is 0.293 e. The molecule has 1 atom stereocenters. The van der Waals surface area contributed by atoms with Crippen LogP contribution in [0.2, 0.25) is 0 Å². The minimum Gasteiger partial charge on any atom is -0.371 e. The van der Waals surface area contributed by atoms with Gasteiger partial charge in [0.2, 0.25) is 0 Å². The van der Waals surface area contributed by atoms with E-state index in [0.717, 1.165) is 5.69 Å². The summed E-state index contributed by atoms with van der Waals surface area (Å²) < 4.78 is 24.6. The summed E-state index contributed by atoms with van der Waals surface area (Å²) >= 11 is 0. The molecule has 0 aliphatic heterocycles. The van der Waals surface area contributed by atoms with E-state index < -0.39 is 20.7 Å². The lowest BCUT2D eigenvalue weighted by Gasteiger charge is -2.15. The molecule has 2 N–H and O–H groups in total. The zero-order valence-electron chi connectivity index (χ0n) is 18.0. The third-order valence-corrected chi connectivity index (χ3v) is 6.75. The predicted octanol–water partition coefficient (Wildman–Crippen LogP) is 3.76. The zero-order chi connectivity index (χ0) is 23.8.